The van der Waals surface area contributed by atoms with Gasteiger partial charge < -0.3 is 14.4 Å². The highest BCUT2D eigenvalue weighted by atomic mass is 16.5. The van der Waals surface area contributed by atoms with Crippen LogP contribution in [0.3, 0.4) is 0 Å². The van der Waals surface area contributed by atoms with Crippen LogP contribution in [0.1, 0.15) is 35.6 Å². The molecule has 2 aromatic carbocycles. The summed E-state index contributed by atoms with van der Waals surface area (Å²) >= 11 is 0. The number of piperidine rings is 1. The number of benzene rings is 2. The lowest BCUT2D eigenvalue weighted by molar-refractivity contribution is 0.285. The van der Waals surface area contributed by atoms with Crippen molar-refractivity contribution in [2.24, 2.45) is 0 Å². The molecule has 1 N–H and O–H groups in total. The second-order valence-electron chi connectivity index (χ2n) is 7.71. The standard InChI is InChI=1S/C23H25N3O2/c1-15-5-3-6-16(13-15)14-28-23-18(7-4-8-19(23)27-2)21-22-20(24-25-21)17-9-11-26(22)12-10-17/h3-8,13,17H,9-12,14H2,1-2H3,(H,24,25). The molecule has 0 amide bonds. The number of para-hydroxylation sites is 1. The molecule has 5 heteroatoms. The van der Waals surface area contributed by atoms with Crippen molar-refractivity contribution in [3.05, 3.63) is 59.3 Å². The number of nitrogens with one attached hydrogen (secondary N) is 1. The van der Waals surface area contributed by atoms with E-state index in [4.69, 9.17) is 14.6 Å². The average Bonchev–Trinajstić information content (AvgIpc) is 3.20. The van der Waals surface area contributed by atoms with Crippen LogP contribution in [0.15, 0.2) is 42.5 Å². The summed E-state index contributed by atoms with van der Waals surface area (Å²) in [7, 11) is 1.68. The number of hydrogen-bond acceptors (Lipinski definition) is 4. The van der Waals surface area contributed by atoms with E-state index in [1.807, 2.05) is 12.1 Å². The van der Waals surface area contributed by atoms with Crippen molar-refractivity contribution < 1.29 is 9.47 Å². The number of anilines is 1. The fourth-order valence-corrected chi connectivity index (χ4v) is 4.50. The molecule has 1 fully saturated rings. The first-order valence-corrected chi connectivity index (χ1v) is 9.93. The van der Waals surface area contributed by atoms with Crippen LogP contribution in [-0.4, -0.2) is 30.4 Å². The van der Waals surface area contributed by atoms with E-state index < -0.39 is 0 Å². The van der Waals surface area contributed by atoms with Crippen LogP contribution in [-0.2, 0) is 6.61 Å². The van der Waals surface area contributed by atoms with Gasteiger partial charge in [0.2, 0.25) is 0 Å². The van der Waals surface area contributed by atoms with Crippen LogP contribution >= 0.6 is 0 Å². The fourth-order valence-electron chi connectivity index (χ4n) is 4.50. The summed E-state index contributed by atoms with van der Waals surface area (Å²) in [6, 6.07) is 14.4. The minimum absolute atomic E-state index is 0.494. The fraction of sp³-hybridized carbons (Fsp3) is 0.348. The van der Waals surface area contributed by atoms with Gasteiger partial charge in [0.05, 0.1) is 24.1 Å². The Morgan fingerprint density at radius 3 is 2.75 bits per heavy atom. The molecule has 1 saturated heterocycles. The summed E-state index contributed by atoms with van der Waals surface area (Å²) in [6.45, 7) is 4.80. The second-order valence-corrected chi connectivity index (χ2v) is 7.71. The second kappa shape index (κ2) is 6.89. The first-order valence-electron chi connectivity index (χ1n) is 9.93. The minimum atomic E-state index is 0.494. The maximum absolute atomic E-state index is 6.30. The van der Waals surface area contributed by atoms with Gasteiger partial charge in [-0.2, -0.15) is 5.10 Å². The van der Waals surface area contributed by atoms with E-state index in [-0.39, 0.29) is 0 Å². The zero-order chi connectivity index (χ0) is 19.1. The Kier molecular flexibility index (Phi) is 4.23. The van der Waals surface area contributed by atoms with Crippen LogP contribution in [0.5, 0.6) is 11.5 Å². The summed E-state index contributed by atoms with van der Waals surface area (Å²) in [5.74, 6) is 2.09. The molecule has 0 unspecified atom stereocenters. The number of rotatable bonds is 5. The van der Waals surface area contributed by atoms with Crippen molar-refractivity contribution in [2.75, 3.05) is 25.1 Å². The summed E-state index contributed by atoms with van der Waals surface area (Å²) in [4.78, 5) is 2.46. The topological polar surface area (TPSA) is 50.4 Å². The van der Waals surface area contributed by atoms with Gasteiger partial charge in [-0.15, -0.1) is 0 Å². The van der Waals surface area contributed by atoms with Gasteiger partial charge in [-0.1, -0.05) is 35.9 Å². The van der Waals surface area contributed by atoms with Crippen molar-refractivity contribution in [2.45, 2.75) is 32.3 Å². The Bertz CT molecular complexity index is 1000. The van der Waals surface area contributed by atoms with Crippen molar-refractivity contribution in [3.63, 3.8) is 0 Å². The van der Waals surface area contributed by atoms with E-state index in [2.05, 4.69) is 47.3 Å². The van der Waals surface area contributed by atoms with Gasteiger partial charge in [-0.05, 0) is 37.5 Å². The average molecular weight is 375 g/mol. The molecule has 3 aliphatic rings. The molecule has 4 heterocycles. The molecular formula is C23H25N3O2. The third-order valence-corrected chi connectivity index (χ3v) is 5.91. The molecule has 0 spiro atoms. The Labute approximate surface area is 165 Å². The van der Waals surface area contributed by atoms with E-state index in [1.165, 1.54) is 29.8 Å². The van der Waals surface area contributed by atoms with Gasteiger partial charge in [0.25, 0.3) is 0 Å². The number of ether oxygens (including phenoxy) is 2. The number of aromatic amines is 1. The molecule has 6 rings (SSSR count). The van der Waals surface area contributed by atoms with Gasteiger partial charge in [0, 0.05) is 19.0 Å². The first-order chi connectivity index (χ1) is 13.7. The van der Waals surface area contributed by atoms with Crippen molar-refractivity contribution in [1.82, 2.24) is 10.2 Å². The van der Waals surface area contributed by atoms with Crippen molar-refractivity contribution >= 4 is 5.69 Å². The molecule has 0 aliphatic carbocycles. The molecule has 2 bridgehead atoms. The SMILES string of the molecule is COc1cccc(-c2n[nH]c3c2N2CCC3CC2)c1OCc1cccc(C)c1. The van der Waals surface area contributed by atoms with E-state index >= 15 is 0 Å². The zero-order valence-electron chi connectivity index (χ0n) is 16.4. The number of aromatic nitrogens is 2. The largest absolute Gasteiger partial charge is 0.493 e. The third-order valence-electron chi connectivity index (χ3n) is 5.91. The lowest BCUT2D eigenvalue weighted by Gasteiger charge is -2.40. The number of nitrogens with zero attached hydrogens (tertiary/aromatic N) is 2. The lowest BCUT2D eigenvalue weighted by atomic mass is 9.86. The van der Waals surface area contributed by atoms with Gasteiger partial charge in [0.1, 0.15) is 12.3 Å². The molecule has 0 atom stereocenters. The van der Waals surface area contributed by atoms with Crippen LogP contribution in [0.25, 0.3) is 11.3 Å². The van der Waals surface area contributed by atoms with Gasteiger partial charge >= 0.3 is 0 Å². The van der Waals surface area contributed by atoms with E-state index in [0.717, 1.165) is 41.4 Å². The highest BCUT2D eigenvalue weighted by Crippen LogP contribution is 2.48. The maximum Gasteiger partial charge on any atom is 0.171 e. The van der Waals surface area contributed by atoms with E-state index in [1.54, 1.807) is 7.11 Å². The number of methoxy groups -OCH3 is 1. The molecule has 3 aliphatic heterocycles. The third kappa shape index (κ3) is 2.82. The van der Waals surface area contributed by atoms with Crippen molar-refractivity contribution in [3.8, 4) is 22.8 Å². The van der Waals surface area contributed by atoms with Crippen LogP contribution in [0.4, 0.5) is 5.69 Å². The predicted molar refractivity (Wildman–Crippen MR) is 110 cm³/mol. The van der Waals surface area contributed by atoms with Crippen LogP contribution in [0, 0.1) is 6.92 Å². The number of fused-ring (bicyclic) bond motifs is 2. The summed E-state index contributed by atoms with van der Waals surface area (Å²) < 4.78 is 11.9. The highest BCUT2D eigenvalue weighted by Gasteiger charge is 2.36. The number of H-pyrrole nitrogens is 1. The summed E-state index contributed by atoms with van der Waals surface area (Å²) in [6.07, 6.45) is 2.42. The normalized spacial score (nSPS) is 15.6. The zero-order valence-corrected chi connectivity index (χ0v) is 16.4. The lowest BCUT2D eigenvalue weighted by Crippen LogP contribution is -2.38. The van der Waals surface area contributed by atoms with Gasteiger partial charge in [-0.25, -0.2) is 0 Å². The Hall–Kier alpha value is -2.95. The predicted octanol–water partition coefficient (Wildman–Crippen LogP) is 4.67. The summed E-state index contributed by atoms with van der Waals surface area (Å²) in [5, 5.41) is 8.03. The Morgan fingerprint density at radius 2 is 1.96 bits per heavy atom. The minimum Gasteiger partial charge on any atom is -0.493 e. The quantitative estimate of drug-likeness (QED) is 0.704. The molecule has 28 heavy (non-hydrogen) atoms. The molecule has 144 valence electrons. The van der Waals surface area contributed by atoms with Crippen LogP contribution < -0.4 is 14.4 Å². The smallest absolute Gasteiger partial charge is 0.171 e. The van der Waals surface area contributed by atoms with Gasteiger partial charge in [-0.3, -0.25) is 5.10 Å². The van der Waals surface area contributed by atoms with Crippen LogP contribution in [0.2, 0.25) is 0 Å². The first kappa shape index (κ1) is 17.2. The summed E-state index contributed by atoms with van der Waals surface area (Å²) in [5.41, 5.74) is 6.85. The molecular weight excluding hydrogens is 350 g/mol. The highest BCUT2D eigenvalue weighted by molar-refractivity contribution is 5.83. The molecule has 1 aromatic heterocycles. The maximum atomic E-state index is 6.30. The number of hydrogen-bond donors (Lipinski definition) is 1. The van der Waals surface area contributed by atoms with Gasteiger partial charge in [0.15, 0.2) is 11.5 Å². The molecule has 0 radical (unpaired) electrons. The van der Waals surface area contributed by atoms with E-state index in [9.17, 15) is 0 Å². The Balaban J connectivity index is 1.54. The molecule has 5 nitrogen and oxygen atoms in total. The number of aryl methyl sites for hydroxylation is 1. The monoisotopic (exact) mass is 375 g/mol. The van der Waals surface area contributed by atoms with E-state index in [0.29, 0.717) is 12.5 Å². The Morgan fingerprint density at radius 1 is 1.14 bits per heavy atom. The molecule has 3 aromatic rings. The molecule has 0 saturated carbocycles. The van der Waals surface area contributed by atoms with Crippen molar-refractivity contribution in [1.29, 1.82) is 0 Å².